The molecule has 3 N–H and O–H groups in total. The maximum atomic E-state index is 12.1. The Bertz CT molecular complexity index is 358. The molecular formula is C14H22N2O. The van der Waals surface area contributed by atoms with Gasteiger partial charge in [-0.3, -0.25) is 4.79 Å². The molecule has 0 aromatic heterocycles. The molecule has 1 atom stereocenters. The van der Waals surface area contributed by atoms with Crippen LogP contribution in [0.5, 0.6) is 0 Å². The van der Waals surface area contributed by atoms with Gasteiger partial charge in [0.15, 0.2) is 0 Å². The van der Waals surface area contributed by atoms with Crippen LogP contribution in [0.25, 0.3) is 0 Å². The molecule has 0 radical (unpaired) electrons. The van der Waals surface area contributed by atoms with Crippen molar-refractivity contribution in [3.05, 3.63) is 35.9 Å². The van der Waals surface area contributed by atoms with Gasteiger partial charge in [0.2, 0.25) is 5.91 Å². The van der Waals surface area contributed by atoms with E-state index in [1.54, 1.807) is 0 Å². The summed E-state index contributed by atoms with van der Waals surface area (Å²) in [5.41, 5.74) is 6.17. The van der Waals surface area contributed by atoms with E-state index in [1.807, 2.05) is 51.1 Å². The number of hydrogen-bond donors (Lipinski definition) is 2. The first kappa shape index (κ1) is 13.7. The lowest BCUT2D eigenvalue weighted by atomic mass is 9.84. The van der Waals surface area contributed by atoms with Gasteiger partial charge >= 0.3 is 0 Å². The van der Waals surface area contributed by atoms with Crippen LogP contribution in [0.1, 0.15) is 32.8 Å². The standard InChI is InChI=1S/C14H22N2O/c1-11(15)9-10-16-13(17)14(2,3)12-7-5-4-6-8-12/h4-8,11H,9-10,15H2,1-3H3,(H,16,17). The molecule has 0 saturated heterocycles. The highest BCUT2D eigenvalue weighted by atomic mass is 16.2. The average Bonchev–Trinajstić information content (AvgIpc) is 2.29. The van der Waals surface area contributed by atoms with E-state index in [1.165, 1.54) is 0 Å². The number of rotatable bonds is 5. The van der Waals surface area contributed by atoms with Crippen LogP contribution in [0.15, 0.2) is 30.3 Å². The summed E-state index contributed by atoms with van der Waals surface area (Å²) < 4.78 is 0. The van der Waals surface area contributed by atoms with Crippen LogP contribution < -0.4 is 11.1 Å². The van der Waals surface area contributed by atoms with Gasteiger partial charge < -0.3 is 11.1 Å². The molecule has 17 heavy (non-hydrogen) atoms. The third-order valence-electron chi connectivity index (χ3n) is 2.95. The summed E-state index contributed by atoms with van der Waals surface area (Å²) in [6.07, 6.45) is 0.802. The Labute approximate surface area is 103 Å². The van der Waals surface area contributed by atoms with Crippen molar-refractivity contribution in [2.75, 3.05) is 6.54 Å². The Morgan fingerprint density at radius 2 is 1.94 bits per heavy atom. The van der Waals surface area contributed by atoms with Gasteiger partial charge in [-0.1, -0.05) is 30.3 Å². The Morgan fingerprint density at radius 1 is 1.35 bits per heavy atom. The highest BCUT2D eigenvalue weighted by Crippen LogP contribution is 2.22. The summed E-state index contributed by atoms with van der Waals surface area (Å²) in [5, 5.41) is 2.93. The molecular weight excluding hydrogens is 212 g/mol. The molecule has 3 nitrogen and oxygen atoms in total. The molecule has 0 fully saturated rings. The third-order valence-corrected chi connectivity index (χ3v) is 2.95. The maximum Gasteiger partial charge on any atom is 0.230 e. The van der Waals surface area contributed by atoms with Gasteiger partial charge in [0.05, 0.1) is 5.41 Å². The minimum atomic E-state index is -0.501. The molecule has 1 aromatic rings. The van der Waals surface area contributed by atoms with Crippen LogP contribution in [0.2, 0.25) is 0 Å². The smallest absolute Gasteiger partial charge is 0.230 e. The van der Waals surface area contributed by atoms with Crippen molar-refractivity contribution in [3.8, 4) is 0 Å². The molecule has 94 valence electrons. The fourth-order valence-corrected chi connectivity index (χ4v) is 1.62. The van der Waals surface area contributed by atoms with Gasteiger partial charge in [0.25, 0.3) is 0 Å². The van der Waals surface area contributed by atoms with Crippen LogP contribution in [-0.2, 0) is 10.2 Å². The number of carbonyl (C=O) groups excluding carboxylic acids is 1. The molecule has 1 rings (SSSR count). The van der Waals surface area contributed by atoms with Crippen molar-refractivity contribution in [1.82, 2.24) is 5.32 Å². The Balaban J connectivity index is 2.61. The second-order valence-corrected chi connectivity index (χ2v) is 5.01. The summed E-state index contributed by atoms with van der Waals surface area (Å²) >= 11 is 0. The molecule has 0 heterocycles. The van der Waals surface area contributed by atoms with Crippen molar-refractivity contribution in [1.29, 1.82) is 0 Å². The van der Waals surface area contributed by atoms with E-state index in [2.05, 4.69) is 5.32 Å². The first-order valence-electron chi connectivity index (χ1n) is 6.04. The zero-order chi connectivity index (χ0) is 12.9. The zero-order valence-corrected chi connectivity index (χ0v) is 10.9. The molecule has 3 heteroatoms. The lowest BCUT2D eigenvalue weighted by Crippen LogP contribution is -2.41. The highest BCUT2D eigenvalue weighted by Gasteiger charge is 2.28. The molecule has 0 aliphatic heterocycles. The Hall–Kier alpha value is -1.35. The number of nitrogens with one attached hydrogen (secondary N) is 1. The predicted octanol–water partition coefficient (Wildman–Crippen LogP) is 1.82. The van der Waals surface area contributed by atoms with Crippen LogP contribution in [0.4, 0.5) is 0 Å². The molecule has 0 aliphatic rings. The topological polar surface area (TPSA) is 55.1 Å². The maximum absolute atomic E-state index is 12.1. The molecule has 0 bridgehead atoms. The summed E-state index contributed by atoms with van der Waals surface area (Å²) in [7, 11) is 0. The zero-order valence-electron chi connectivity index (χ0n) is 10.9. The monoisotopic (exact) mass is 234 g/mol. The van der Waals surface area contributed by atoms with Crippen LogP contribution in [0.3, 0.4) is 0 Å². The Kier molecular flexibility index (Phi) is 4.70. The van der Waals surface area contributed by atoms with Crippen LogP contribution in [-0.4, -0.2) is 18.5 Å². The van der Waals surface area contributed by atoms with E-state index >= 15 is 0 Å². The van der Waals surface area contributed by atoms with E-state index in [0.29, 0.717) is 6.54 Å². The quantitative estimate of drug-likeness (QED) is 0.816. The first-order valence-corrected chi connectivity index (χ1v) is 6.04. The highest BCUT2D eigenvalue weighted by molar-refractivity contribution is 5.87. The molecule has 1 amide bonds. The normalized spacial score (nSPS) is 13.2. The second-order valence-electron chi connectivity index (χ2n) is 5.01. The van der Waals surface area contributed by atoms with Gasteiger partial charge in [-0.25, -0.2) is 0 Å². The van der Waals surface area contributed by atoms with Gasteiger partial charge in [-0.2, -0.15) is 0 Å². The van der Waals surface area contributed by atoms with Gasteiger partial charge in [-0.15, -0.1) is 0 Å². The molecule has 0 aliphatic carbocycles. The van der Waals surface area contributed by atoms with E-state index < -0.39 is 5.41 Å². The van der Waals surface area contributed by atoms with Crippen molar-refractivity contribution < 1.29 is 4.79 Å². The summed E-state index contributed by atoms with van der Waals surface area (Å²) in [5.74, 6) is 0.0457. The number of hydrogen-bond acceptors (Lipinski definition) is 2. The summed E-state index contributed by atoms with van der Waals surface area (Å²) in [6, 6.07) is 9.93. The number of carbonyl (C=O) groups is 1. The fourth-order valence-electron chi connectivity index (χ4n) is 1.62. The second kappa shape index (κ2) is 5.82. The van der Waals surface area contributed by atoms with Gasteiger partial charge in [0.1, 0.15) is 0 Å². The summed E-state index contributed by atoms with van der Waals surface area (Å²) in [4.78, 5) is 12.1. The van der Waals surface area contributed by atoms with Gasteiger partial charge in [-0.05, 0) is 32.8 Å². The third kappa shape index (κ3) is 3.86. The molecule has 1 unspecified atom stereocenters. The van der Waals surface area contributed by atoms with Crippen molar-refractivity contribution in [3.63, 3.8) is 0 Å². The lowest BCUT2D eigenvalue weighted by molar-refractivity contribution is -0.125. The van der Waals surface area contributed by atoms with Crippen molar-refractivity contribution in [2.45, 2.75) is 38.6 Å². The van der Waals surface area contributed by atoms with E-state index in [4.69, 9.17) is 5.73 Å². The van der Waals surface area contributed by atoms with Gasteiger partial charge in [0, 0.05) is 12.6 Å². The molecule has 1 aromatic carbocycles. The Morgan fingerprint density at radius 3 is 2.47 bits per heavy atom. The number of amides is 1. The van der Waals surface area contributed by atoms with Crippen LogP contribution in [0, 0.1) is 0 Å². The average molecular weight is 234 g/mol. The minimum Gasteiger partial charge on any atom is -0.355 e. The van der Waals surface area contributed by atoms with Crippen LogP contribution >= 0.6 is 0 Å². The van der Waals surface area contributed by atoms with Crippen molar-refractivity contribution in [2.24, 2.45) is 5.73 Å². The largest absolute Gasteiger partial charge is 0.355 e. The SMILES string of the molecule is CC(N)CCNC(=O)C(C)(C)c1ccccc1. The number of benzene rings is 1. The molecule has 0 saturated carbocycles. The minimum absolute atomic E-state index is 0.0457. The predicted molar refractivity (Wildman–Crippen MR) is 70.7 cm³/mol. The summed E-state index contributed by atoms with van der Waals surface area (Å²) in [6.45, 7) is 6.44. The molecule has 0 spiro atoms. The van der Waals surface area contributed by atoms with E-state index in [0.717, 1.165) is 12.0 Å². The van der Waals surface area contributed by atoms with E-state index in [-0.39, 0.29) is 11.9 Å². The number of nitrogens with two attached hydrogens (primary N) is 1. The van der Waals surface area contributed by atoms with E-state index in [9.17, 15) is 4.79 Å². The van der Waals surface area contributed by atoms with Crippen molar-refractivity contribution >= 4 is 5.91 Å². The lowest BCUT2D eigenvalue weighted by Gasteiger charge is -2.24. The first-order chi connectivity index (χ1) is 7.94. The fraction of sp³-hybridized carbons (Fsp3) is 0.500.